The van der Waals surface area contributed by atoms with E-state index in [2.05, 4.69) is 29.6 Å². The van der Waals surface area contributed by atoms with E-state index in [0.717, 1.165) is 22.1 Å². The van der Waals surface area contributed by atoms with Gasteiger partial charge in [0.1, 0.15) is 17.7 Å². The fraction of sp³-hybridized carbons (Fsp3) is 0.100. The lowest BCUT2D eigenvalue weighted by Crippen LogP contribution is -2.39. The number of hydrogen-bond acceptors (Lipinski definition) is 7. The van der Waals surface area contributed by atoms with Crippen LogP contribution in [0, 0.1) is 0 Å². The van der Waals surface area contributed by atoms with E-state index >= 15 is 0 Å². The van der Waals surface area contributed by atoms with Crippen molar-refractivity contribution in [3.63, 3.8) is 0 Å². The molecule has 1 aliphatic heterocycles. The molecule has 7 nitrogen and oxygen atoms in total. The van der Waals surface area contributed by atoms with Crippen LogP contribution >= 0.6 is 23.5 Å². The van der Waals surface area contributed by atoms with E-state index in [1.54, 1.807) is 18.3 Å². The number of amidine groups is 1. The lowest BCUT2D eigenvalue weighted by atomic mass is 10.2. The number of aliphatic imine (C=N–C) groups is 1. The Balaban J connectivity index is 1.56. The minimum absolute atomic E-state index is 0.148. The normalized spacial score (nSPS) is 14.4. The second-order valence-corrected chi connectivity index (χ2v) is 7.83. The fourth-order valence-electron chi connectivity index (χ4n) is 3.14. The summed E-state index contributed by atoms with van der Waals surface area (Å²) in [7, 11) is 0. The maximum Gasteiger partial charge on any atom is 0.162 e. The van der Waals surface area contributed by atoms with Crippen LogP contribution in [0.5, 0.6) is 0 Å². The number of rotatable bonds is 4. The van der Waals surface area contributed by atoms with E-state index in [1.807, 2.05) is 55.5 Å². The minimum atomic E-state index is -0.148. The lowest BCUT2D eigenvalue weighted by Gasteiger charge is -2.32. The SMILES string of the molecule is C[C@H](Nc1ncnc2[nH]cnc12)C1=Nc2cccc(Cl)c2SN1c1ccccc1. The number of nitrogens with one attached hydrogen (secondary N) is 2. The van der Waals surface area contributed by atoms with Gasteiger partial charge in [-0.15, -0.1) is 0 Å². The second kappa shape index (κ2) is 7.38. The largest absolute Gasteiger partial charge is 0.358 e. The Bertz CT molecular complexity index is 1210. The van der Waals surface area contributed by atoms with Gasteiger partial charge in [0, 0.05) is 0 Å². The van der Waals surface area contributed by atoms with E-state index in [1.165, 1.54) is 6.33 Å². The molecule has 0 fully saturated rings. The Hall–Kier alpha value is -3.10. The molecule has 0 radical (unpaired) electrons. The van der Waals surface area contributed by atoms with Gasteiger partial charge < -0.3 is 10.3 Å². The minimum Gasteiger partial charge on any atom is -0.358 e. The summed E-state index contributed by atoms with van der Waals surface area (Å²) in [6.45, 7) is 2.05. The number of H-pyrrole nitrogens is 1. The summed E-state index contributed by atoms with van der Waals surface area (Å²) in [6, 6.07) is 15.7. The highest BCUT2D eigenvalue weighted by molar-refractivity contribution is 8.01. The third-order valence-corrected chi connectivity index (χ3v) is 6.14. The first-order chi connectivity index (χ1) is 14.2. The van der Waals surface area contributed by atoms with Gasteiger partial charge >= 0.3 is 0 Å². The van der Waals surface area contributed by atoms with Crippen molar-refractivity contribution in [2.45, 2.75) is 17.9 Å². The summed E-state index contributed by atoms with van der Waals surface area (Å²) in [4.78, 5) is 21.8. The van der Waals surface area contributed by atoms with Gasteiger partial charge in [0.15, 0.2) is 11.5 Å². The first-order valence-corrected chi connectivity index (χ1v) is 10.2. The summed E-state index contributed by atoms with van der Waals surface area (Å²) < 4.78 is 2.09. The monoisotopic (exact) mass is 421 g/mol. The predicted molar refractivity (Wildman–Crippen MR) is 118 cm³/mol. The van der Waals surface area contributed by atoms with E-state index in [4.69, 9.17) is 16.6 Å². The molecular weight excluding hydrogens is 406 g/mol. The third-order valence-electron chi connectivity index (χ3n) is 4.52. The van der Waals surface area contributed by atoms with Crippen LogP contribution in [0.3, 0.4) is 0 Å². The molecular formula is C20H16ClN7S. The van der Waals surface area contributed by atoms with Gasteiger partial charge in [-0.2, -0.15) is 0 Å². The molecule has 0 bridgehead atoms. The predicted octanol–water partition coefficient (Wildman–Crippen LogP) is 5.06. The van der Waals surface area contributed by atoms with Gasteiger partial charge in [-0.3, -0.25) is 4.31 Å². The standard InChI is InChI=1S/C20H16ClN7S/c1-12(26-19-16-18(23-10-22-16)24-11-25-19)20-27-15-9-5-8-14(21)17(15)29-28(20)13-6-3-2-4-7-13/h2-12H,1H3,(H2,22,23,24,25,26)/t12-/m0/s1. The van der Waals surface area contributed by atoms with Gasteiger partial charge in [0.2, 0.25) is 0 Å². The molecule has 9 heteroatoms. The van der Waals surface area contributed by atoms with Crippen molar-refractivity contribution in [2.24, 2.45) is 4.99 Å². The first kappa shape index (κ1) is 18.0. The van der Waals surface area contributed by atoms with Crippen molar-refractivity contribution in [1.82, 2.24) is 19.9 Å². The summed E-state index contributed by atoms with van der Waals surface area (Å²) >= 11 is 8.01. The van der Waals surface area contributed by atoms with Crippen LogP contribution < -0.4 is 9.62 Å². The van der Waals surface area contributed by atoms with E-state index < -0.39 is 0 Å². The number of aromatic amines is 1. The van der Waals surface area contributed by atoms with Gasteiger partial charge in [0.25, 0.3) is 0 Å². The van der Waals surface area contributed by atoms with Crippen molar-refractivity contribution >= 4 is 57.7 Å². The summed E-state index contributed by atoms with van der Waals surface area (Å²) in [5, 5.41) is 4.12. The van der Waals surface area contributed by atoms with Crippen LogP contribution in [-0.2, 0) is 0 Å². The summed E-state index contributed by atoms with van der Waals surface area (Å²) in [5.74, 6) is 1.50. The van der Waals surface area contributed by atoms with Gasteiger partial charge in [-0.05, 0) is 43.1 Å². The highest BCUT2D eigenvalue weighted by Gasteiger charge is 2.28. The number of nitrogens with zero attached hydrogens (tertiary/aromatic N) is 5. The third kappa shape index (κ3) is 3.30. The van der Waals surface area contributed by atoms with Crippen molar-refractivity contribution in [1.29, 1.82) is 0 Å². The molecule has 0 unspecified atom stereocenters. The van der Waals surface area contributed by atoms with Gasteiger partial charge in [-0.25, -0.2) is 19.9 Å². The zero-order valence-corrected chi connectivity index (χ0v) is 16.9. The van der Waals surface area contributed by atoms with Crippen LogP contribution in [0.25, 0.3) is 11.2 Å². The highest BCUT2D eigenvalue weighted by atomic mass is 35.5. The Morgan fingerprint density at radius 3 is 2.79 bits per heavy atom. The Morgan fingerprint density at radius 1 is 1.07 bits per heavy atom. The van der Waals surface area contributed by atoms with Crippen LogP contribution in [0.1, 0.15) is 6.92 Å². The molecule has 0 spiro atoms. The molecule has 0 amide bonds. The highest BCUT2D eigenvalue weighted by Crippen LogP contribution is 2.44. The van der Waals surface area contributed by atoms with Crippen molar-refractivity contribution in [3.05, 3.63) is 66.2 Å². The number of imidazole rings is 1. The number of para-hydroxylation sites is 1. The zero-order chi connectivity index (χ0) is 19.8. The van der Waals surface area contributed by atoms with Crippen molar-refractivity contribution in [2.75, 3.05) is 9.62 Å². The molecule has 29 heavy (non-hydrogen) atoms. The molecule has 0 saturated heterocycles. The number of halogens is 1. The number of benzene rings is 2. The molecule has 1 atom stereocenters. The Kier molecular flexibility index (Phi) is 4.57. The van der Waals surface area contributed by atoms with Crippen molar-refractivity contribution in [3.8, 4) is 0 Å². The smallest absolute Gasteiger partial charge is 0.162 e. The number of hydrogen-bond donors (Lipinski definition) is 2. The first-order valence-electron chi connectivity index (χ1n) is 9.01. The quantitative estimate of drug-likeness (QED) is 0.448. The van der Waals surface area contributed by atoms with E-state index in [0.29, 0.717) is 22.0 Å². The topological polar surface area (TPSA) is 82.1 Å². The molecule has 2 N–H and O–H groups in total. The zero-order valence-electron chi connectivity index (χ0n) is 15.4. The van der Waals surface area contributed by atoms with Crippen molar-refractivity contribution < 1.29 is 0 Å². The summed E-state index contributed by atoms with van der Waals surface area (Å²) in [5.41, 5.74) is 3.25. The number of anilines is 2. The molecule has 144 valence electrons. The average Bonchev–Trinajstić information content (AvgIpc) is 3.24. The van der Waals surface area contributed by atoms with Crippen LogP contribution in [0.15, 0.2) is 71.1 Å². The molecule has 0 saturated carbocycles. The van der Waals surface area contributed by atoms with Gasteiger partial charge in [0.05, 0.1) is 33.7 Å². The Morgan fingerprint density at radius 2 is 1.93 bits per heavy atom. The van der Waals surface area contributed by atoms with Crippen LogP contribution in [0.2, 0.25) is 5.02 Å². The van der Waals surface area contributed by atoms with Gasteiger partial charge in [-0.1, -0.05) is 35.9 Å². The summed E-state index contributed by atoms with van der Waals surface area (Å²) in [6.07, 6.45) is 3.12. The molecule has 2 aromatic heterocycles. The average molecular weight is 422 g/mol. The molecule has 1 aliphatic rings. The maximum atomic E-state index is 6.44. The van der Waals surface area contributed by atoms with E-state index in [9.17, 15) is 0 Å². The lowest BCUT2D eigenvalue weighted by molar-refractivity contribution is 1.00. The van der Waals surface area contributed by atoms with E-state index in [-0.39, 0.29) is 6.04 Å². The number of aromatic nitrogens is 4. The number of fused-ring (bicyclic) bond motifs is 2. The second-order valence-electron chi connectivity index (χ2n) is 6.47. The molecule has 0 aliphatic carbocycles. The molecule has 3 heterocycles. The fourth-order valence-corrected chi connectivity index (χ4v) is 4.48. The van der Waals surface area contributed by atoms with Crippen LogP contribution in [0.4, 0.5) is 17.2 Å². The molecule has 4 aromatic rings. The Labute approximate surface area is 176 Å². The maximum absolute atomic E-state index is 6.44. The molecule has 5 rings (SSSR count). The molecule has 2 aromatic carbocycles. The van der Waals surface area contributed by atoms with Crippen LogP contribution in [-0.4, -0.2) is 31.8 Å².